The van der Waals surface area contributed by atoms with Crippen LogP contribution in [0.2, 0.25) is 0 Å². The number of rotatable bonds is 7. The van der Waals surface area contributed by atoms with Gasteiger partial charge < -0.3 is 14.8 Å². The summed E-state index contributed by atoms with van der Waals surface area (Å²) in [5, 5.41) is 6.14. The van der Waals surface area contributed by atoms with Crippen LogP contribution in [0.3, 0.4) is 0 Å². The summed E-state index contributed by atoms with van der Waals surface area (Å²) < 4.78 is 36.6. The lowest BCUT2D eigenvalue weighted by atomic mass is 10.3. The number of sulfone groups is 1. The summed E-state index contributed by atoms with van der Waals surface area (Å²) in [4.78, 5) is 24.5. The molecule has 1 amide bonds. The van der Waals surface area contributed by atoms with Gasteiger partial charge in [-0.1, -0.05) is 12.1 Å². The zero-order valence-corrected chi connectivity index (χ0v) is 17.0. The molecule has 0 spiro atoms. The van der Waals surface area contributed by atoms with Crippen LogP contribution in [0.25, 0.3) is 0 Å². The molecule has 0 aliphatic heterocycles. The first-order valence-electron chi connectivity index (χ1n) is 8.75. The molecule has 1 heterocycles. The van der Waals surface area contributed by atoms with E-state index in [-0.39, 0.29) is 9.92 Å². The van der Waals surface area contributed by atoms with Crippen LogP contribution in [0, 0.1) is 0 Å². The quantitative estimate of drug-likeness (QED) is 0.608. The number of anilines is 1. The third-order valence-electron chi connectivity index (χ3n) is 4.16. The van der Waals surface area contributed by atoms with Gasteiger partial charge in [0.25, 0.3) is 5.56 Å². The first kappa shape index (κ1) is 21.1. The van der Waals surface area contributed by atoms with Gasteiger partial charge in [0.1, 0.15) is 18.0 Å². The zero-order chi connectivity index (χ0) is 21.7. The molecule has 0 aliphatic rings. The largest absolute Gasteiger partial charge is 0.497 e. The third kappa shape index (κ3) is 4.49. The Kier molecular flexibility index (Phi) is 6.17. The molecule has 156 valence electrons. The molecule has 0 saturated heterocycles. The molecule has 0 radical (unpaired) electrons. The van der Waals surface area contributed by atoms with Crippen LogP contribution < -0.4 is 20.3 Å². The fourth-order valence-electron chi connectivity index (χ4n) is 2.64. The van der Waals surface area contributed by atoms with E-state index in [0.29, 0.717) is 17.2 Å². The van der Waals surface area contributed by atoms with Gasteiger partial charge in [0.15, 0.2) is 5.03 Å². The lowest BCUT2D eigenvalue weighted by Crippen LogP contribution is -2.30. The maximum Gasteiger partial charge on any atom is 0.267 e. The molecule has 0 atom stereocenters. The monoisotopic (exact) mass is 429 g/mol. The molecule has 9 nitrogen and oxygen atoms in total. The molecule has 10 heteroatoms. The predicted octanol–water partition coefficient (Wildman–Crippen LogP) is 1.73. The van der Waals surface area contributed by atoms with Gasteiger partial charge in [0, 0.05) is 6.07 Å². The highest BCUT2D eigenvalue weighted by atomic mass is 32.2. The van der Waals surface area contributed by atoms with E-state index in [0.717, 1.165) is 16.8 Å². The van der Waals surface area contributed by atoms with Crippen molar-refractivity contribution in [3.63, 3.8) is 0 Å². The number of aromatic nitrogens is 2. The minimum atomic E-state index is -3.99. The Morgan fingerprint density at radius 3 is 2.37 bits per heavy atom. The highest BCUT2D eigenvalue weighted by Gasteiger charge is 2.21. The highest BCUT2D eigenvalue weighted by molar-refractivity contribution is 7.91. The number of hydrogen-bond donors (Lipinski definition) is 1. The van der Waals surface area contributed by atoms with E-state index >= 15 is 0 Å². The second-order valence-electron chi connectivity index (χ2n) is 6.09. The second kappa shape index (κ2) is 8.78. The number of nitrogens with zero attached hydrogens (tertiary/aromatic N) is 2. The number of amides is 1. The Bertz CT molecular complexity index is 1220. The van der Waals surface area contributed by atoms with Gasteiger partial charge in [-0.15, -0.1) is 0 Å². The molecule has 0 fully saturated rings. The van der Waals surface area contributed by atoms with Crippen molar-refractivity contribution in [3.05, 3.63) is 71.0 Å². The average molecular weight is 429 g/mol. The van der Waals surface area contributed by atoms with Gasteiger partial charge in [0.05, 0.1) is 24.8 Å². The third-order valence-corrected chi connectivity index (χ3v) is 5.82. The van der Waals surface area contributed by atoms with Gasteiger partial charge in [0.2, 0.25) is 15.7 Å². The zero-order valence-electron chi connectivity index (χ0n) is 16.2. The molecule has 0 saturated carbocycles. The van der Waals surface area contributed by atoms with Crippen molar-refractivity contribution in [2.75, 3.05) is 19.5 Å². The topological polar surface area (TPSA) is 117 Å². The van der Waals surface area contributed by atoms with Gasteiger partial charge >= 0.3 is 0 Å². The highest BCUT2D eigenvalue weighted by Crippen LogP contribution is 2.23. The number of hydrogen-bond acceptors (Lipinski definition) is 7. The molecule has 3 aromatic rings. The molecular formula is C20H19N3O6S. The summed E-state index contributed by atoms with van der Waals surface area (Å²) >= 11 is 0. The Morgan fingerprint density at radius 1 is 1.00 bits per heavy atom. The van der Waals surface area contributed by atoms with Crippen LogP contribution >= 0.6 is 0 Å². The summed E-state index contributed by atoms with van der Waals surface area (Å²) in [6, 6.07) is 14.7. The summed E-state index contributed by atoms with van der Waals surface area (Å²) in [7, 11) is -1.05. The summed E-state index contributed by atoms with van der Waals surface area (Å²) in [5.41, 5.74) is -0.195. The minimum absolute atomic E-state index is 0.0144. The van der Waals surface area contributed by atoms with Crippen LogP contribution in [0.15, 0.2) is 75.4 Å². The molecule has 30 heavy (non-hydrogen) atoms. The van der Waals surface area contributed by atoms with E-state index in [2.05, 4.69) is 10.4 Å². The van der Waals surface area contributed by atoms with E-state index in [1.54, 1.807) is 24.3 Å². The van der Waals surface area contributed by atoms with Gasteiger partial charge in [-0.2, -0.15) is 5.10 Å². The normalized spacial score (nSPS) is 11.0. The molecule has 0 bridgehead atoms. The van der Waals surface area contributed by atoms with Crippen molar-refractivity contribution < 1.29 is 22.7 Å². The summed E-state index contributed by atoms with van der Waals surface area (Å²) in [6.07, 6.45) is 0. The van der Waals surface area contributed by atoms with Crippen LogP contribution in [0.1, 0.15) is 0 Å². The molecule has 1 aromatic heterocycles. The van der Waals surface area contributed by atoms with Crippen LogP contribution in [-0.2, 0) is 21.2 Å². The van der Waals surface area contributed by atoms with Crippen LogP contribution in [0.5, 0.6) is 11.5 Å². The van der Waals surface area contributed by atoms with Gasteiger partial charge in [-0.05, 0) is 42.5 Å². The van der Waals surface area contributed by atoms with E-state index in [9.17, 15) is 18.0 Å². The van der Waals surface area contributed by atoms with Gasteiger partial charge in [-0.25, -0.2) is 13.1 Å². The Morgan fingerprint density at radius 2 is 1.70 bits per heavy atom. The van der Waals surface area contributed by atoms with Crippen molar-refractivity contribution in [1.82, 2.24) is 9.78 Å². The second-order valence-corrected chi connectivity index (χ2v) is 7.99. The van der Waals surface area contributed by atoms with E-state index < -0.39 is 27.8 Å². The summed E-state index contributed by atoms with van der Waals surface area (Å²) in [6.45, 7) is -0.469. The molecule has 0 aliphatic carbocycles. The molecule has 1 N–H and O–H groups in total. The van der Waals surface area contributed by atoms with E-state index in [4.69, 9.17) is 9.47 Å². The number of benzene rings is 2. The fraction of sp³-hybridized carbons (Fsp3) is 0.150. The molecule has 2 aromatic carbocycles. The van der Waals surface area contributed by atoms with Crippen molar-refractivity contribution in [2.24, 2.45) is 0 Å². The minimum Gasteiger partial charge on any atom is -0.497 e. The fourth-order valence-corrected chi connectivity index (χ4v) is 3.83. The lowest BCUT2D eigenvalue weighted by molar-refractivity contribution is -0.117. The number of ether oxygens (including phenoxy) is 2. The number of methoxy groups -OCH3 is 2. The predicted molar refractivity (Wildman–Crippen MR) is 109 cm³/mol. The molecule has 0 unspecified atom stereocenters. The number of carbonyl (C=O) groups excluding carboxylic acids is 1. The Labute approximate surface area is 172 Å². The number of para-hydroxylation sites is 2. The SMILES string of the molecule is COc1ccc(S(=O)(=O)c2ccc(=O)n(CC(=O)Nc3ccccc3OC)n2)cc1. The van der Waals surface area contributed by atoms with Crippen LogP contribution in [-0.4, -0.2) is 38.3 Å². The first-order valence-corrected chi connectivity index (χ1v) is 10.2. The van der Waals surface area contributed by atoms with E-state index in [1.807, 2.05) is 0 Å². The Balaban J connectivity index is 1.86. The molecule has 3 rings (SSSR count). The van der Waals surface area contributed by atoms with E-state index in [1.165, 1.54) is 38.5 Å². The Hall–Kier alpha value is -3.66. The first-order chi connectivity index (χ1) is 14.3. The smallest absolute Gasteiger partial charge is 0.267 e. The molecular weight excluding hydrogens is 410 g/mol. The number of nitrogens with one attached hydrogen (secondary N) is 1. The maximum absolute atomic E-state index is 12.8. The van der Waals surface area contributed by atoms with Crippen molar-refractivity contribution in [2.45, 2.75) is 16.5 Å². The lowest BCUT2D eigenvalue weighted by Gasteiger charge is -2.11. The van der Waals surface area contributed by atoms with Crippen molar-refractivity contribution >= 4 is 21.4 Å². The van der Waals surface area contributed by atoms with Crippen LogP contribution in [0.4, 0.5) is 5.69 Å². The standard InChI is InChI=1S/C20H19N3O6S/c1-28-14-7-9-15(10-8-14)30(26,27)19-11-12-20(25)23(22-19)13-18(24)21-16-5-3-4-6-17(16)29-2/h3-12H,13H2,1-2H3,(H,21,24). The van der Waals surface area contributed by atoms with Crippen molar-refractivity contribution in [3.8, 4) is 11.5 Å². The number of carbonyl (C=O) groups is 1. The average Bonchev–Trinajstić information content (AvgIpc) is 2.75. The van der Waals surface area contributed by atoms with Gasteiger partial charge in [-0.3, -0.25) is 9.59 Å². The van der Waals surface area contributed by atoms with Crippen molar-refractivity contribution in [1.29, 1.82) is 0 Å². The summed E-state index contributed by atoms with van der Waals surface area (Å²) in [5.74, 6) is 0.384. The maximum atomic E-state index is 12.8.